The van der Waals surface area contributed by atoms with Crippen LogP contribution in [0.4, 0.5) is 5.13 Å². The molecule has 0 saturated carbocycles. The number of carbonyl (C=O) groups excluding carboxylic acids is 1. The zero-order valence-electron chi connectivity index (χ0n) is 17.7. The molecule has 0 atom stereocenters. The molecule has 2 aromatic carbocycles. The summed E-state index contributed by atoms with van der Waals surface area (Å²) >= 11 is 1.56. The van der Waals surface area contributed by atoms with Crippen molar-refractivity contribution in [2.24, 2.45) is 0 Å². The molecule has 1 aliphatic rings. The van der Waals surface area contributed by atoms with Crippen molar-refractivity contribution in [3.63, 3.8) is 0 Å². The van der Waals surface area contributed by atoms with Gasteiger partial charge in [0, 0.05) is 26.2 Å². The van der Waals surface area contributed by atoms with Gasteiger partial charge in [0.2, 0.25) is 0 Å². The predicted molar refractivity (Wildman–Crippen MR) is 128 cm³/mol. The maximum absolute atomic E-state index is 13.1. The van der Waals surface area contributed by atoms with Crippen molar-refractivity contribution in [1.29, 1.82) is 0 Å². The summed E-state index contributed by atoms with van der Waals surface area (Å²) in [6, 6.07) is 15.6. The molecule has 1 aliphatic heterocycles. The molecule has 6 nitrogen and oxygen atoms in total. The highest BCUT2D eigenvalue weighted by atomic mass is 35.5. The SMILES string of the molecule is Cc1ccc2nc(N(CCCN3CCOCC3)C(=O)COc3ccccc3)sc2c1.Cl. The number of nitrogens with zero attached hydrogens (tertiary/aromatic N) is 3. The van der Waals surface area contributed by atoms with Crippen molar-refractivity contribution >= 4 is 45.0 Å². The van der Waals surface area contributed by atoms with E-state index < -0.39 is 0 Å². The molecule has 0 radical (unpaired) electrons. The van der Waals surface area contributed by atoms with E-state index in [9.17, 15) is 4.79 Å². The molecule has 1 saturated heterocycles. The number of rotatable bonds is 8. The van der Waals surface area contributed by atoms with Crippen LogP contribution in [0.1, 0.15) is 12.0 Å². The first-order valence-corrected chi connectivity index (χ1v) is 11.2. The minimum atomic E-state index is -0.0726. The third-order valence-electron chi connectivity index (χ3n) is 5.13. The Morgan fingerprint density at radius 2 is 1.97 bits per heavy atom. The maximum Gasteiger partial charge on any atom is 0.266 e. The van der Waals surface area contributed by atoms with Gasteiger partial charge >= 0.3 is 0 Å². The number of ether oxygens (including phenoxy) is 2. The Hall–Kier alpha value is -2.19. The van der Waals surface area contributed by atoms with Gasteiger partial charge in [-0.15, -0.1) is 12.4 Å². The number of amides is 1. The van der Waals surface area contributed by atoms with Gasteiger partial charge in [0.25, 0.3) is 5.91 Å². The van der Waals surface area contributed by atoms with Gasteiger partial charge in [0.05, 0.1) is 23.4 Å². The number of aryl methyl sites for hydroxylation is 1. The summed E-state index contributed by atoms with van der Waals surface area (Å²) in [5.74, 6) is 0.621. The molecule has 1 aromatic heterocycles. The molecule has 1 fully saturated rings. The van der Waals surface area contributed by atoms with Crippen molar-refractivity contribution in [2.75, 3.05) is 50.9 Å². The molecule has 31 heavy (non-hydrogen) atoms. The third-order valence-corrected chi connectivity index (χ3v) is 6.17. The zero-order chi connectivity index (χ0) is 20.8. The second-order valence-corrected chi connectivity index (χ2v) is 8.43. The monoisotopic (exact) mass is 461 g/mol. The van der Waals surface area contributed by atoms with E-state index in [-0.39, 0.29) is 24.9 Å². The van der Waals surface area contributed by atoms with Crippen LogP contribution in [-0.2, 0) is 9.53 Å². The van der Waals surface area contributed by atoms with Crippen LogP contribution in [0.25, 0.3) is 10.2 Å². The maximum atomic E-state index is 13.1. The summed E-state index contributed by atoms with van der Waals surface area (Å²) < 4.78 is 12.2. The number of carbonyl (C=O) groups is 1. The van der Waals surface area contributed by atoms with Crippen LogP contribution in [-0.4, -0.2) is 61.8 Å². The van der Waals surface area contributed by atoms with E-state index in [2.05, 4.69) is 24.0 Å². The second kappa shape index (κ2) is 11.4. The number of anilines is 1. The fraction of sp³-hybridized carbons (Fsp3) is 0.391. The van der Waals surface area contributed by atoms with Gasteiger partial charge in [-0.2, -0.15) is 0 Å². The van der Waals surface area contributed by atoms with E-state index in [1.54, 1.807) is 16.2 Å². The zero-order valence-corrected chi connectivity index (χ0v) is 19.3. The first-order valence-electron chi connectivity index (χ1n) is 10.3. The standard InChI is InChI=1S/C23H27N3O3S.ClH/c1-18-8-9-20-21(16-18)30-23(24-20)26(11-5-10-25-12-14-28-15-13-25)22(27)17-29-19-6-3-2-4-7-19;/h2-4,6-9,16H,5,10-15,17H2,1H3;1H. The molecule has 1 amide bonds. The number of aromatic nitrogens is 1. The molecular formula is C23H28ClN3O3S. The number of hydrogen-bond acceptors (Lipinski definition) is 6. The Labute approximate surface area is 193 Å². The van der Waals surface area contributed by atoms with Gasteiger partial charge in [-0.1, -0.05) is 35.6 Å². The summed E-state index contributed by atoms with van der Waals surface area (Å²) in [4.78, 5) is 22.0. The molecule has 166 valence electrons. The fourth-order valence-electron chi connectivity index (χ4n) is 3.48. The van der Waals surface area contributed by atoms with E-state index in [0.717, 1.165) is 54.6 Å². The smallest absolute Gasteiger partial charge is 0.266 e. The van der Waals surface area contributed by atoms with Gasteiger partial charge in [0.15, 0.2) is 11.7 Å². The Balaban J connectivity index is 0.00000272. The molecule has 0 N–H and O–H groups in total. The lowest BCUT2D eigenvalue weighted by Gasteiger charge is -2.27. The number of morpholine rings is 1. The van der Waals surface area contributed by atoms with Crippen molar-refractivity contribution in [3.05, 3.63) is 54.1 Å². The minimum absolute atomic E-state index is 0. The van der Waals surface area contributed by atoms with Gasteiger partial charge in [-0.05, 0) is 43.2 Å². The van der Waals surface area contributed by atoms with Crippen LogP contribution in [0.3, 0.4) is 0 Å². The van der Waals surface area contributed by atoms with Gasteiger partial charge in [0.1, 0.15) is 5.75 Å². The Kier molecular flexibility index (Phi) is 8.66. The highest BCUT2D eigenvalue weighted by molar-refractivity contribution is 7.22. The number of fused-ring (bicyclic) bond motifs is 1. The molecular weight excluding hydrogens is 434 g/mol. The number of halogens is 1. The topological polar surface area (TPSA) is 54.9 Å². The molecule has 0 aliphatic carbocycles. The molecule has 8 heteroatoms. The van der Waals surface area contributed by atoms with Crippen LogP contribution in [0.2, 0.25) is 0 Å². The van der Waals surface area contributed by atoms with Crippen LogP contribution >= 0.6 is 23.7 Å². The molecule has 2 heterocycles. The van der Waals surface area contributed by atoms with Gasteiger partial charge < -0.3 is 9.47 Å². The highest BCUT2D eigenvalue weighted by Gasteiger charge is 2.21. The first-order chi connectivity index (χ1) is 14.7. The van der Waals surface area contributed by atoms with Crippen molar-refractivity contribution in [1.82, 2.24) is 9.88 Å². The summed E-state index contributed by atoms with van der Waals surface area (Å²) in [6.45, 7) is 7.09. The number of benzene rings is 2. The number of para-hydroxylation sites is 1. The quantitative estimate of drug-likeness (QED) is 0.504. The molecule has 3 aromatic rings. The lowest BCUT2D eigenvalue weighted by molar-refractivity contribution is -0.120. The van der Waals surface area contributed by atoms with Gasteiger partial charge in [-0.3, -0.25) is 14.6 Å². The molecule has 0 unspecified atom stereocenters. The Morgan fingerprint density at radius 1 is 1.19 bits per heavy atom. The number of thiazole rings is 1. The van der Waals surface area contributed by atoms with Crippen molar-refractivity contribution in [2.45, 2.75) is 13.3 Å². The minimum Gasteiger partial charge on any atom is -0.484 e. The van der Waals surface area contributed by atoms with E-state index in [4.69, 9.17) is 14.5 Å². The molecule has 4 rings (SSSR count). The normalized spacial score (nSPS) is 14.2. The first kappa shape index (κ1) is 23.5. The van der Waals surface area contributed by atoms with E-state index in [1.165, 1.54) is 5.56 Å². The largest absolute Gasteiger partial charge is 0.484 e. The average molecular weight is 462 g/mol. The lowest BCUT2D eigenvalue weighted by atomic mass is 10.2. The Bertz CT molecular complexity index is 977. The van der Waals surface area contributed by atoms with Crippen LogP contribution in [0.5, 0.6) is 5.75 Å². The van der Waals surface area contributed by atoms with E-state index in [0.29, 0.717) is 12.3 Å². The lowest BCUT2D eigenvalue weighted by Crippen LogP contribution is -2.40. The summed E-state index contributed by atoms with van der Waals surface area (Å²) in [7, 11) is 0. The third kappa shape index (κ3) is 6.40. The predicted octanol–water partition coefficient (Wildman–Crippen LogP) is 4.16. The van der Waals surface area contributed by atoms with Crippen molar-refractivity contribution in [3.8, 4) is 5.75 Å². The van der Waals surface area contributed by atoms with E-state index in [1.807, 2.05) is 36.4 Å². The van der Waals surface area contributed by atoms with Crippen LogP contribution in [0, 0.1) is 6.92 Å². The second-order valence-electron chi connectivity index (χ2n) is 7.42. The molecule has 0 spiro atoms. The van der Waals surface area contributed by atoms with Crippen molar-refractivity contribution < 1.29 is 14.3 Å². The summed E-state index contributed by atoms with van der Waals surface area (Å²) in [5, 5.41) is 0.735. The van der Waals surface area contributed by atoms with Crippen LogP contribution in [0.15, 0.2) is 48.5 Å². The summed E-state index contributed by atoms with van der Waals surface area (Å²) in [5.41, 5.74) is 2.12. The summed E-state index contributed by atoms with van der Waals surface area (Å²) in [6.07, 6.45) is 0.881. The van der Waals surface area contributed by atoms with Gasteiger partial charge in [-0.25, -0.2) is 4.98 Å². The Morgan fingerprint density at radius 3 is 2.74 bits per heavy atom. The highest BCUT2D eigenvalue weighted by Crippen LogP contribution is 2.30. The average Bonchev–Trinajstić information content (AvgIpc) is 3.19. The van der Waals surface area contributed by atoms with Crippen LogP contribution < -0.4 is 9.64 Å². The molecule has 0 bridgehead atoms. The fourth-order valence-corrected chi connectivity index (χ4v) is 4.59. The number of hydrogen-bond donors (Lipinski definition) is 0. The van der Waals surface area contributed by atoms with E-state index >= 15 is 0 Å².